The van der Waals surface area contributed by atoms with Gasteiger partial charge in [0.2, 0.25) is 5.78 Å². The van der Waals surface area contributed by atoms with Crippen LogP contribution in [0.15, 0.2) is 28.5 Å². The number of ketones is 1. The molecule has 0 atom stereocenters. The quantitative estimate of drug-likeness (QED) is 0.431. The van der Waals surface area contributed by atoms with Gasteiger partial charge in [-0.2, -0.15) is 0 Å². The summed E-state index contributed by atoms with van der Waals surface area (Å²) in [6, 6.07) is 7.71. The number of benzene rings is 1. The van der Waals surface area contributed by atoms with Gasteiger partial charge in [0.25, 0.3) is 11.8 Å². The van der Waals surface area contributed by atoms with Gasteiger partial charge in [0.1, 0.15) is 12.4 Å². The molecule has 0 aliphatic carbocycles. The number of hydrogen-bond acceptors (Lipinski definition) is 8. The summed E-state index contributed by atoms with van der Waals surface area (Å²) in [5.74, 6) is -1.00. The van der Waals surface area contributed by atoms with E-state index in [2.05, 4.69) is 11.4 Å². The van der Waals surface area contributed by atoms with E-state index >= 15 is 0 Å². The van der Waals surface area contributed by atoms with Gasteiger partial charge >= 0.3 is 0 Å². The van der Waals surface area contributed by atoms with Crippen molar-refractivity contribution in [2.75, 3.05) is 37.9 Å². The van der Waals surface area contributed by atoms with Crippen LogP contribution in [0.3, 0.4) is 0 Å². The normalized spacial score (nSPS) is 16.5. The number of hydrogen-bond donors (Lipinski definition) is 3. The van der Waals surface area contributed by atoms with Gasteiger partial charge in [0.15, 0.2) is 0 Å². The summed E-state index contributed by atoms with van der Waals surface area (Å²) in [5, 5.41) is 11.4. The summed E-state index contributed by atoms with van der Waals surface area (Å²) < 4.78 is 6.67. The second-order valence-corrected chi connectivity index (χ2v) is 10.1. The summed E-state index contributed by atoms with van der Waals surface area (Å²) in [7, 11) is 0. The Morgan fingerprint density at radius 2 is 2.03 bits per heavy atom. The molecule has 0 radical (unpaired) electrons. The fourth-order valence-electron chi connectivity index (χ4n) is 4.23. The Morgan fingerprint density at radius 3 is 2.69 bits per heavy atom. The molecule has 4 N–H and O–H groups in total. The highest BCUT2D eigenvalue weighted by Crippen LogP contribution is 2.46. The van der Waals surface area contributed by atoms with Crippen molar-refractivity contribution in [3.63, 3.8) is 0 Å². The number of aliphatic hydroxyl groups excluding tert-OH is 1. The molecule has 32 heavy (non-hydrogen) atoms. The van der Waals surface area contributed by atoms with Crippen LogP contribution in [0.25, 0.3) is 0 Å². The number of anilines is 1. The Kier molecular flexibility index (Phi) is 6.57. The second kappa shape index (κ2) is 9.22. The van der Waals surface area contributed by atoms with Crippen molar-refractivity contribution in [2.45, 2.75) is 29.0 Å². The molecule has 1 spiro atoms. The number of likely N-dealkylation sites (tertiary alicyclic amines) is 1. The number of fused-ring (bicyclic) bond motifs is 2. The molecule has 2 amide bonds. The molecule has 1 aromatic carbocycles. The molecule has 0 unspecified atom stereocenters. The summed E-state index contributed by atoms with van der Waals surface area (Å²) in [6.45, 7) is 1.44. The molecule has 2 aliphatic heterocycles. The van der Waals surface area contributed by atoms with Gasteiger partial charge in [0.05, 0.1) is 21.4 Å². The number of nitrogens with one attached hydrogen (secondary N) is 1. The van der Waals surface area contributed by atoms with Crippen LogP contribution in [0, 0.1) is 0 Å². The van der Waals surface area contributed by atoms with E-state index in [0.717, 1.165) is 28.4 Å². The van der Waals surface area contributed by atoms with Crippen LogP contribution in [0.5, 0.6) is 5.75 Å². The number of carbonyl (C=O) groups excluding carboxylic acids is 3. The molecule has 1 saturated heterocycles. The first-order valence-electron chi connectivity index (χ1n) is 10.3. The summed E-state index contributed by atoms with van der Waals surface area (Å²) in [4.78, 5) is 38.7. The van der Waals surface area contributed by atoms with Gasteiger partial charge in [-0.15, -0.1) is 23.1 Å². The number of amides is 2. The van der Waals surface area contributed by atoms with Gasteiger partial charge in [0, 0.05) is 30.6 Å². The molecular formula is C22H25N3O5S2. The van der Waals surface area contributed by atoms with Gasteiger partial charge in [-0.1, -0.05) is 12.1 Å². The maximum atomic E-state index is 13.2. The van der Waals surface area contributed by atoms with Crippen molar-refractivity contribution in [1.82, 2.24) is 4.90 Å². The van der Waals surface area contributed by atoms with Gasteiger partial charge < -0.3 is 25.8 Å². The van der Waals surface area contributed by atoms with Crippen molar-refractivity contribution >= 4 is 46.4 Å². The minimum Gasteiger partial charge on any atom is -0.492 e. The second-order valence-electron chi connectivity index (χ2n) is 7.95. The number of ether oxygens (including phenoxy) is 1. The zero-order valence-corrected chi connectivity index (χ0v) is 19.3. The monoisotopic (exact) mass is 475 g/mol. The molecule has 0 saturated carbocycles. The fourth-order valence-corrected chi connectivity index (χ4v) is 5.97. The van der Waals surface area contributed by atoms with Crippen LogP contribution in [-0.2, 0) is 21.5 Å². The predicted octanol–water partition coefficient (Wildman–Crippen LogP) is 1.99. The maximum Gasteiger partial charge on any atom is 0.294 e. The number of piperidine rings is 1. The Labute approximate surface area is 194 Å². The molecular weight excluding hydrogens is 450 g/mol. The van der Waals surface area contributed by atoms with E-state index in [1.807, 2.05) is 23.3 Å². The van der Waals surface area contributed by atoms with E-state index < -0.39 is 18.3 Å². The lowest BCUT2D eigenvalue weighted by Gasteiger charge is -2.38. The van der Waals surface area contributed by atoms with Crippen molar-refractivity contribution in [1.29, 1.82) is 0 Å². The van der Waals surface area contributed by atoms with E-state index in [0.29, 0.717) is 36.8 Å². The lowest BCUT2D eigenvalue weighted by Crippen LogP contribution is -2.45. The fraction of sp³-hybridized carbons (Fsp3) is 0.409. The maximum absolute atomic E-state index is 13.2. The number of Topliss-reactive ketones (excluding diaryl/α,β-unsaturated/α-hetero) is 1. The molecule has 2 aliphatic rings. The minimum atomic E-state index is -0.922. The van der Waals surface area contributed by atoms with E-state index in [4.69, 9.17) is 15.6 Å². The van der Waals surface area contributed by atoms with Gasteiger partial charge in [-0.3, -0.25) is 14.4 Å². The van der Waals surface area contributed by atoms with E-state index in [1.165, 1.54) is 28.7 Å². The zero-order chi connectivity index (χ0) is 22.9. The van der Waals surface area contributed by atoms with Gasteiger partial charge in [-0.05, 0) is 36.8 Å². The molecule has 170 valence electrons. The average Bonchev–Trinajstić information content (AvgIpc) is 3.39. The Balaban J connectivity index is 1.47. The number of nitrogens with zero attached hydrogens (tertiary/aromatic N) is 1. The van der Waals surface area contributed by atoms with Crippen LogP contribution in [-0.4, -0.2) is 60.2 Å². The highest BCUT2D eigenvalue weighted by Gasteiger charge is 2.44. The first kappa shape index (κ1) is 22.8. The van der Waals surface area contributed by atoms with Gasteiger partial charge in [-0.25, -0.2) is 0 Å². The Morgan fingerprint density at radius 1 is 1.28 bits per heavy atom. The summed E-state index contributed by atoms with van der Waals surface area (Å²) in [6.07, 6.45) is 3.44. The summed E-state index contributed by atoms with van der Waals surface area (Å²) >= 11 is 2.67. The molecule has 8 nitrogen and oxygen atoms in total. The van der Waals surface area contributed by atoms with E-state index in [1.54, 1.807) is 6.07 Å². The highest BCUT2D eigenvalue weighted by molar-refractivity contribution is 8.00. The van der Waals surface area contributed by atoms with E-state index in [-0.39, 0.29) is 11.3 Å². The van der Waals surface area contributed by atoms with Crippen molar-refractivity contribution in [3.05, 3.63) is 40.3 Å². The third-order valence-electron chi connectivity index (χ3n) is 6.10. The van der Waals surface area contributed by atoms with Crippen molar-refractivity contribution in [2.24, 2.45) is 5.73 Å². The summed E-state index contributed by atoms with van der Waals surface area (Å²) in [5.41, 5.74) is 8.40. The molecule has 1 aromatic heterocycles. The lowest BCUT2D eigenvalue weighted by molar-refractivity contribution is -0.136. The highest BCUT2D eigenvalue weighted by atomic mass is 32.2. The molecule has 3 heterocycles. The van der Waals surface area contributed by atoms with Crippen LogP contribution in [0.2, 0.25) is 0 Å². The zero-order valence-electron chi connectivity index (χ0n) is 17.7. The number of carbonyl (C=O) groups is 3. The van der Waals surface area contributed by atoms with Crippen LogP contribution >= 0.6 is 23.1 Å². The molecule has 1 fully saturated rings. The first-order chi connectivity index (χ1) is 15.4. The largest absolute Gasteiger partial charge is 0.492 e. The number of aliphatic hydroxyl groups is 1. The Hall–Kier alpha value is -2.40. The smallest absolute Gasteiger partial charge is 0.294 e. The number of rotatable bonds is 6. The molecule has 10 heteroatoms. The number of thioether (sulfide) groups is 1. The molecule has 4 rings (SSSR count). The minimum absolute atomic E-state index is 0.0935. The number of thiophene rings is 1. The first-order valence-corrected chi connectivity index (χ1v) is 12.3. The van der Waals surface area contributed by atoms with E-state index in [9.17, 15) is 14.4 Å². The van der Waals surface area contributed by atoms with Crippen LogP contribution in [0.4, 0.5) is 5.69 Å². The van der Waals surface area contributed by atoms with Crippen molar-refractivity contribution in [3.8, 4) is 5.75 Å². The SMILES string of the molecule is CSc1sc(C(=O)N2CCC3(CC2)COc2ccc(CN)cc23)cc1NC(=O)C(=O)CO. The van der Waals surface area contributed by atoms with Crippen molar-refractivity contribution < 1.29 is 24.2 Å². The van der Waals surface area contributed by atoms with Crippen LogP contribution < -0.4 is 15.8 Å². The lowest BCUT2D eigenvalue weighted by atomic mass is 9.74. The van der Waals surface area contributed by atoms with Crippen LogP contribution in [0.1, 0.15) is 33.6 Å². The number of nitrogens with two attached hydrogens (primary N) is 1. The molecule has 0 bridgehead atoms. The third-order valence-corrected chi connectivity index (χ3v) is 8.36. The third kappa shape index (κ3) is 4.15. The standard InChI is InChI=1S/C22H25N3O5S2/c1-31-21-15(24-19(28)16(27)11-26)9-18(32-21)20(29)25-6-4-22(5-7-25)12-30-17-3-2-13(10-23)8-14(17)22/h2-3,8-9,26H,4-7,10-12,23H2,1H3,(H,24,28). The Bertz CT molecular complexity index is 1060. The topological polar surface area (TPSA) is 122 Å². The molecule has 2 aromatic rings. The average molecular weight is 476 g/mol. The predicted molar refractivity (Wildman–Crippen MR) is 123 cm³/mol.